The van der Waals surface area contributed by atoms with Gasteiger partial charge in [-0.25, -0.2) is 8.42 Å². The van der Waals surface area contributed by atoms with Gasteiger partial charge in [0.15, 0.2) is 0 Å². The third-order valence-corrected chi connectivity index (χ3v) is 6.96. The van der Waals surface area contributed by atoms with Crippen LogP contribution in [0.1, 0.15) is 24.0 Å². The van der Waals surface area contributed by atoms with Crippen molar-refractivity contribution in [2.45, 2.75) is 37.6 Å². The topological polar surface area (TPSA) is 75.7 Å². The summed E-state index contributed by atoms with van der Waals surface area (Å²) in [6.45, 7) is 4.24. The molecule has 6 nitrogen and oxygen atoms in total. The Morgan fingerprint density at radius 2 is 1.85 bits per heavy atom. The maximum Gasteiger partial charge on any atom is 0.243 e. The van der Waals surface area contributed by atoms with Gasteiger partial charge in [-0.1, -0.05) is 12.1 Å². The van der Waals surface area contributed by atoms with Gasteiger partial charge in [0, 0.05) is 12.2 Å². The summed E-state index contributed by atoms with van der Waals surface area (Å²) in [7, 11) is -2.23. The van der Waals surface area contributed by atoms with Crippen LogP contribution in [0.4, 0.5) is 5.69 Å². The molecule has 1 fully saturated rings. The standard InChI is InChI=1S/C20H24N2O4S/c1-14-6-4-7-18(15(14)2)21-20(23)19-8-5-13-22(19)27(24,25)17-11-9-16(26-3)10-12-17/h4,6-7,9-12,19H,5,8,13H2,1-3H3,(H,21,23)/t19-/m0/s1. The molecule has 3 rings (SSSR count). The van der Waals surface area contributed by atoms with E-state index in [0.717, 1.165) is 11.1 Å². The van der Waals surface area contributed by atoms with Crippen LogP contribution < -0.4 is 10.1 Å². The largest absolute Gasteiger partial charge is 0.497 e. The van der Waals surface area contributed by atoms with Gasteiger partial charge in [-0.3, -0.25) is 4.79 Å². The van der Waals surface area contributed by atoms with E-state index in [2.05, 4.69) is 5.32 Å². The molecule has 0 saturated carbocycles. The molecule has 1 saturated heterocycles. The van der Waals surface area contributed by atoms with Gasteiger partial charge >= 0.3 is 0 Å². The highest BCUT2D eigenvalue weighted by Crippen LogP contribution is 2.28. The highest BCUT2D eigenvalue weighted by Gasteiger charge is 2.39. The Hall–Kier alpha value is -2.38. The molecule has 1 atom stereocenters. The minimum absolute atomic E-state index is 0.162. The van der Waals surface area contributed by atoms with Crippen molar-refractivity contribution in [1.29, 1.82) is 0 Å². The van der Waals surface area contributed by atoms with Gasteiger partial charge in [-0.05, 0) is 68.1 Å². The van der Waals surface area contributed by atoms with E-state index in [1.165, 1.54) is 23.5 Å². The fraction of sp³-hybridized carbons (Fsp3) is 0.350. The number of methoxy groups -OCH3 is 1. The lowest BCUT2D eigenvalue weighted by molar-refractivity contribution is -0.119. The normalized spacial score (nSPS) is 17.7. The number of rotatable bonds is 5. The summed E-state index contributed by atoms with van der Waals surface area (Å²) in [5, 5.41) is 2.90. The van der Waals surface area contributed by atoms with Crippen molar-refractivity contribution in [1.82, 2.24) is 4.31 Å². The van der Waals surface area contributed by atoms with Gasteiger partial charge in [-0.2, -0.15) is 4.31 Å². The SMILES string of the molecule is COc1ccc(S(=O)(=O)N2CCC[C@H]2C(=O)Nc2cccc(C)c2C)cc1. The number of aryl methyl sites for hydroxylation is 1. The molecule has 1 aliphatic rings. The second-order valence-electron chi connectivity index (χ2n) is 6.69. The number of ether oxygens (including phenoxy) is 1. The number of nitrogens with one attached hydrogen (secondary N) is 1. The maximum absolute atomic E-state index is 13.0. The summed E-state index contributed by atoms with van der Waals surface area (Å²) in [6, 6.07) is 11.2. The Morgan fingerprint density at radius 1 is 1.15 bits per heavy atom. The van der Waals surface area contributed by atoms with E-state index in [0.29, 0.717) is 30.8 Å². The molecule has 1 amide bonds. The molecule has 0 radical (unpaired) electrons. The molecule has 7 heteroatoms. The van der Waals surface area contributed by atoms with Crippen molar-refractivity contribution in [3.05, 3.63) is 53.6 Å². The Balaban J connectivity index is 1.83. The smallest absolute Gasteiger partial charge is 0.243 e. The third-order valence-electron chi connectivity index (χ3n) is 5.03. The number of carbonyl (C=O) groups is 1. The predicted octanol–water partition coefficient (Wildman–Crippen LogP) is 3.10. The van der Waals surface area contributed by atoms with Crippen molar-refractivity contribution in [3.63, 3.8) is 0 Å². The van der Waals surface area contributed by atoms with Gasteiger partial charge < -0.3 is 10.1 Å². The number of nitrogens with zero attached hydrogens (tertiary/aromatic N) is 1. The molecular weight excluding hydrogens is 364 g/mol. The lowest BCUT2D eigenvalue weighted by Crippen LogP contribution is -2.43. The zero-order chi connectivity index (χ0) is 19.6. The molecule has 27 heavy (non-hydrogen) atoms. The van der Waals surface area contributed by atoms with Crippen LogP contribution >= 0.6 is 0 Å². The van der Waals surface area contributed by atoms with E-state index >= 15 is 0 Å². The summed E-state index contributed by atoms with van der Waals surface area (Å²) < 4.78 is 32.4. The first kappa shape index (κ1) is 19.4. The number of sulfonamides is 1. The van der Waals surface area contributed by atoms with Crippen LogP contribution in [0.3, 0.4) is 0 Å². The molecule has 1 heterocycles. The molecule has 2 aromatic rings. The number of benzene rings is 2. The maximum atomic E-state index is 13.0. The van der Waals surface area contributed by atoms with Gasteiger partial charge in [0.05, 0.1) is 12.0 Å². The quantitative estimate of drug-likeness (QED) is 0.854. The lowest BCUT2D eigenvalue weighted by atomic mass is 10.1. The summed E-state index contributed by atoms with van der Waals surface area (Å²) in [6.07, 6.45) is 1.16. The average Bonchev–Trinajstić information content (AvgIpc) is 3.16. The van der Waals surface area contributed by atoms with Crippen LogP contribution in [0.2, 0.25) is 0 Å². The average molecular weight is 388 g/mol. The van der Waals surface area contributed by atoms with Crippen LogP contribution in [0.5, 0.6) is 5.75 Å². The Kier molecular flexibility index (Phi) is 5.53. The van der Waals surface area contributed by atoms with Gasteiger partial charge in [0.1, 0.15) is 11.8 Å². The van der Waals surface area contributed by atoms with E-state index in [1.807, 2.05) is 32.0 Å². The van der Waals surface area contributed by atoms with Crippen molar-refractivity contribution < 1.29 is 17.9 Å². The molecule has 0 bridgehead atoms. The highest BCUT2D eigenvalue weighted by atomic mass is 32.2. The van der Waals surface area contributed by atoms with E-state index in [9.17, 15) is 13.2 Å². The molecule has 0 aliphatic carbocycles. The number of hydrogen-bond acceptors (Lipinski definition) is 4. The highest BCUT2D eigenvalue weighted by molar-refractivity contribution is 7.89. The van der Waals surface area contributed by atoms with Crippen molar-refractivity contribution in [2.24, 2.45) is 0 Å². The van der Waals surface area contributed by atoms with Crippen LogP contribution in [0.25, 0.3) is 0 Å². The number of anilines is 1. The Bertz CT molecular complexity index is 939. The molecule has 1 aliphatic heterocycles. The summed E-state index contributed by atoms with van der Waals surface area (Å²) in [5.41, 5.74) is 2.77. The van der Waals surface area contributed by atoms with E-state index in [1.54, 1.807) is 12.1 Å². The monoisotopic (exact) mass is 388 g/mol. The molecule has 144 valence electrons. The molecule has 0 unspecified atom stereocenters. The molecule has 0 aromatic heterocycles. The van der Waals surface area contributed by atoms with Crippen LogP contribution in [-0.2, 0) is 14.8 Å². The second-order valence-corrected chi connectivity index (χ2v) is 8.58. The number of carbonyl (C=O) groups excluding carboxylic acids is 1. The van der Waals surface area contributed by atoms with Gasteiger partial charge in [0.2, 0.25) is 15.9 Å². The number of amides is 1. The minimum atomic E-state index is -3.75. The third kappa shape index (κ3) is 3.84. The summed E-state index contributed by atoms with van der Waals surface area (Å²) >= 11 is 0. The first-order valence-electron chi connectivity index (χ1n) is 8.87. The van der Waals surface area contributed by atoms with E-state index in [4.69, 9.17) is 4.74 Å². The van der Waals surface area contributed by atoms with Crippen LogP contribution in [-0.4, -0.2) is 38.3 Å². The summed E-state index contributed by atoms with van der Waals surface area (Å²) in [5.74, 6) is 0.290. The molecular formula is C20H24N2O4S. The zero-order valence-electron chi connectivity index (χ0n) is 15.7. The fourth-order valence-electron chi connectivity index (χ4n) is 3.28. The lowest BCUT2D eigenvalue weighted by Gasteiger charge is -2.24. The second kappa shape index (κ2) is 7.70. The molecule has 1 N–H and O–H groups in total. The molecule has 0 spiro atoms. The Morgan fingerprint density at radius 3 is 2.52 bits per heavy atom. The van der Waals surface area contributed by atoms with Crippen molar-refractivity contribution >= 4 is 21.6 Å². The fourth-order valence-corrected chi connectivity index (χ4v) is 4.93. The Labute approximate surface area is 160 Å². The predicted molar refractivity (Wildman–Crippen MR) is 104 cm³/mol. The van der Waals surface area contributed by atoms with E-state index in [-0.39, 0.29) is 10.8 Å². The summed E-state index contributed by atoms with van der Waals surface area (Å²) in [4.78, 5) is 13.0. The molecule has 2 aromatic carbocycles. The van der Waals surface area contributed by atoms with Crippen molar-refractivity contribution in [2.75, 3.05) is 19.0 Å². The number of hydrogen-bond donors (Lipinski definition) is 1. The first-order valence-corrected chi connectivity index (χ1v) is 10.3. The first-order chi connectivity index (χ1) is 12.8. The van der Waals surface area contributed by atoms with Crippen molar-refractivity contribution in [3.8, 4) is 5.75 Å². The van der Waals surface area contributed by atoms with Gasteiger partial charge in [0.25, 0.3) is 0 Å². The van der Waals surface area contributed by atoms with Crippen LogP contribution in [0.15, 0.2) is 47.4 Å². The zero-order valence-corrected chi connectivity index (χ0v) is 16.5. The van der Waals surface area contributed by atoms with Crippen LogP contribution in [0, 0.1) is 13.8 Å². The van der Waals surface area contributed by atoms with E-state index < -0.39 is 16.1 Å². The van der Waals surface area contributed by atoms with Gasteiger partial charge in [-0.15, -0.1) is 0 Å². The minimum Gasteiger partial charge on any atom is -0.497 e.